The van der Waals surface area contributed by atoms with E-state index in [0.29, 0.717) is 30.8 Å². The summed E-state index contributed by atoms with van der Waals surface area (Å²) in [5.74, 6) is 0. The first-order valence-corrected chi connectivity index (χ1v) is 11.1. The summed E-state index contributed by atoms with van der Waals surface area (Å²) in [5, 5.41) is 2.36. The van der Waals surface area contributed by atoms with Gasteiger partial charge in [0.25, 0.3) is 0 Å². The molecule has 0 bridgehead atoms. The molecule has 0 aromatic heterocycles. The van der Waals surface area contributed by atoms with E-state index in [1.807, 2.05) is 47.8 Å². The predicted octanol–water partition coefficient (Wildman–Crippen LogP) is 4.87. The highest BCUT2D eigenvalue weighted by molar-refractivity contribution is 8.07. The summed E-state index contributed by atoms with van der Waals surface area (Å²) in [6.07, 6.45) is 0. The fourth-order valence-corrected chi connectivity index (χ4v) is 5.83. The zero-order valence-electron chi connectivity index (χ0n) is 13.0. The number of hydrogen-bond donors (Lipinski definition) is 0. The zero-order chi connectivity index (χ0) is 16.2. The molecule has 2 aliphatic heterocycles. The van der Waals surface area contributed by atoms with Crippen LogP contribution in [0.15, 0.2) is 58.3 Å². The summed E-state index contributed by atoms with van der Waals surface area (Å²) < 4.78 is 25.5. The maximum atomic E-state index is 12.7. The van der Waals surface area contributed by atoms with Crippen LogP contribution in [0.1, 0.15) is 35.5 Å². The molecule has 4 atom stereocenters. The van der Waals surface area contributed by atoms with Crippen molar-refractivity contribution in [3.05, 3.63) is 59.7 Å². The van der Waals surface area contributed by atoms with Crippen LogP contribution in [0.25, 0.3) is 0 Å². The molecule has 4 unspecified atom stereocenters. The lowest BCUT2D eigenvalue weighted by atomic mass is 10.1. The van der Waals surface area contributed by atoms with Crippen LogP contribution in [-0.4, -0.2) is 18.9 Å². The van der Waals surface area contributed by atoms with Crippen LogP contribution in [0.2, 0.25) is 0 Å². The van der Waals surface area contributed by atoms with E-state index in [4.69, 9.17) is 0 Å². The first-order chi connectivity index (χ1) is 11.0. The van der Waals surface area contributed by atoms with Gasteiger partial charge in [-0.2, -0.15) is 0 Å². The number of benzene rings is 2. The van der Waals surface area contributed by atoms with E-state index in [9.17, 15) is 8.42 Å². The monoisotopic (exact) mass is 362 g/mol. The van der Waals surface area contributed by atoms with Gasteiger partial charge in [-0.15, -0.1) is 23.5 Å². The second-order valence-corrected chi connectivity index (χ2v) is 11.2. The standard InChI is InChI=1S/C18H18O2S3/c1-11-17(21-11)13-3-7-15(8-4-13)23(19,20)16-9-5-14(6-10-16)18-12(2)22-18/h3-12,17-18H,1-2H3. The molecule has 0 spiro atoms. The van der Waals surface area contributed by atoms with Gasteiger partial charge in [0.2, 0.25) is 9.84 Å². The third-order valence-electron chi connectivity index (χ3n) is 4.46. The first kappa shape index (κ1) is 15.6. The molecule has 4 rings (SSSR count). The van der Waals surface area contributed by atoms with Gasteiger partial charge in [0.15, 0.2) is 0 Å². The second-order valence-electron chi connectivity index (χ2n) is 6.17. The Labute approximate surface area is 146 Å². The normalized spacial score (nSPS) is 29.3. The number of thioether (sulfide) groups is 2. The molecule has 120 valence electrons. The summed E-state index contributed by atoms with van der Waals surface area (Å²) in [5.41, 5.74) is 2.44. The van der Waals surface area contributed by atoms with Gasteiger partial charge in [-0.3, -0.25) is 0 Å². The molecular formula is C18H18O2S3. The van der Waals surface area contributed by atoms with Crippen LogP contribution in [0.4, 0.5) is 0 Å². The Kier molecular flexibility index (Phi) is 3.78. The van der Waals surface area contributed by atoms with E-state index in [1.54, 1.807) is 24.3 Å². The summed E-state index contributed by atoms with van der Waals surface area (Å²) in [6, 6.07) is 14.8. The SMILES string of the molecule is CC1SC1c1ccc(S(=O)(=O)c2ccc(C3SC3C)cc2)cc1. The Hall–Kier alpha value is -0.910. The van der Waals surface area contributed by atoms with Crippen molar-refractivity contribution in [2.45, 2.75) is 44.6 Å². The molecule has 2 nitrogen and oxygen atoms in total. The molecule has 0 aliphatic carbocycles. The third kappa shape index (κ3) is 2.94. The van der Waals surface area contributed by atoms with Crippen molar-refractivity contribution < 1.29 is 8.42 Å². The summed E-state index contributed by atoms with van der Waals surface area (Å²) in [7, 11) is -3.42. The van der Waals surface area contributed by atoms with Gasteiger partial charge in [0.1, 0.15) is 0 Å². The van der Waals surface area contributed by atoms with Gasteiger partial charge in [-0.25, -0.2) is 8.42 Å². The largest absolute Gasteiger partial charge is 0.219 e. The van der Waals surface area contributed by atoms with Gasteiger partial charge in [0, 0.05) is 21.0 Å². The van der Waals surface area contributed by atoms with Crippen LogP contribution in [0, 0.1) is 0 Å². The molecule has 2 fully saturated rings. The van der Waals surface area contributed by atoms with Crippen molar-refractivity contribution in [2.75, 3.05) is 0 Å². The van der Waals surface area contributed by atoms with Crippen LogP contribution in [-0.2, 0) is 9.84 Å². The summed E-state index contributed by atoms with van der Waals surface area (Å²) in [6.45, 7) is 4.39. The number of sulfone groups is 1. The maximum absolute atomic E-state index is 12.7. The molecule has 2 saturated heterocycles. The van der Waals surface area contributed by atoms with E-state index >= 15 is 0 Å². The second kappa shape index (κ2) is 5.57. The minimum atomic E-state index is -3.42. The van der Waals surface area contributed by atoms with E-state index in [0.717, 1.165) is 0 Å². The molecule has 2 heterocycles. The van der Waals surface area contributed by atoms with E-state index in [1.165, 1.54) is 11.1 Å². The quantitative estimate of drug-likeness (QED) is 0.727. The minimum Gasteiger partial charge on any atom is -0.219 e. The molecular weight excluding hydrogens is 344 g/mol. The molecule has 23 heavy (non-hydrogen) atoms. The van der Waals surface area contributed by atoms with Crippen LogP contribution >= 0.6 is 23.5 Å². The fraction of sp³-hybridized carbons (Fsp3) is 0.333. The lowest BCUT2D eigenvalue weighted by Gasteiger charge is -2.07. The third-order valence-corrected chi connectivity index (χ3v) is 8.97. The zero-order valence-corrected chi connectivity index (χ0v) is 15.4. The van der Waals surface area contributed by atoms with Crippen molar-refractivity contribution in [1.82, 2.24) is 0 Å². The molecule has 0 radical (unpaired) electrons. The lowest BCUT2D eigenvalue weighted by Crippen LogP contribution is -2.02. The van der Waals surface area contributed by atoms with Crippen molar-refractivity contribution in [3.8, 4) is 0 Å². The highest BCUT2D eigenvalue weighted by Crippen LogP contribution is 2.55. The van der Waals surface area contributed by atoms with Gasteiger partial charge < -0.3 is 0 Å². The van der Waals surface area contributed by atoms with E-state index < -0.39 is 9.84 Å². The molecule has 2 aromatic carbocycles. The van der Waals surface area contributed by atoms with Crippen molar-refractivity contribution in [2.24, 2.45) is 0 Å². The molecule has 0 saturated carbocycles. The highest BCUT2D eigenvalue weighted by Gasteiger charge is 2.36. The molecule has 5 heteroatoms. The van der Waals surface area contributed by atoms with Gasteiger partial charge >= 0.3 is 0 Å². The van der Waals surface area contributed by atoms with Gasteiger partial charge in [-0.05, 0) is 35.4 Å². The smallest absolute Gasteiger partial charge is 0.206 e. The summed E-state index contributed by atoms with van der Waals surface area (Å²) in [4.78, 5) is 0.753. The topological polar surface area (TPSA) is 34.1 Å². The van der Waals surface area contributed by atoms with Crippen molar-refractivity contribution in [1.29, 1.82) is 0 Å². The van der Waals surface area contributed by atoms with Gasteiger partial charge in [0.05, 0.1) is 9.79 Å². The maximum Gasteiger partial charge on any atom is 0.206 e. The fourth-order valence-electron chi connectivity index (χ4n) is 2.88. The minimum absolute atomic E-state index is 0.376. The summed E-state index contributed by atoms with van der Waals surface area (Å²) >= 11 is 3.83. The average molecular weight is 363 g/mol. The number of rotatable bonds is 4. The Balaban J connectivity index is 1.59. The van der Waals surface area contributed by atoms with Gasteiger partial charge in [-0.1, -0.05) is 38.1 Å². The average Bonchev–Trinajstić information content (AvgIpc) is 3.46. The first-order valence-electron chi connectivity index (χ1n) is 7.73. The number of hydrogen-bond acceptors (Lipinski definition) is 4. The Bertz CT molecular complexity index is 760. The van der Waals surface area contributed by atoms with Crippen molar-refractivity contribution in [3.63, 3.8) is 0 Å². The van der Waals surface area contributed by atoms with Crippen LogP contribution < -0.4 is 0 Å². The van der Waals surface area contributed by atoms with E-state index in [-0.39, 0.29) is 0 Å². The molecule has 2 aliphatic rings. The van der Waals surface area contributed by atoms with E-state index in [2.05, 4.69) is 13.8 Å². The van der Waals surface area contributed by atoms with Crippen LogP contribution in [0.5, 0.6) is 0 Å². The highest BCUT2D eigenvalue weighted by atomic mass is 32.2. The Morgan fingerprint density at radius 2 is 1.00 bits per heavy atom. The lowest BCUT2D eigenvalue weighted by molar-refractivity contribution is 0.596. The molecule has 0 N–H and O–H groups in total. The van der Waals surface area contributed by atoms with Crippen LogP contribution in [0.3, 0.4) is 0 Å². The molecule has 2 aromatic rings. The predicted molar refractivity (Wildman–Crippen MR) is 97.9 cm³/mol. The Morgan fingerprint density at radius 3 is 1.26 bits per heavy atom. The molecule has 0 amide bonds. The Morgan fingerprint density at radius 1 is 0.696 bits per heavy atom. The van der Waals surface area contributed by atoms with Crippen molar-refractivity contribution >= 4 is 33.4 Å².